The number of anilines is 1. The smallest absolute Gasteiger partial charge is 0.399 e. The van der Waals surface area contributed by atoms with Crippen LogP contribution in [0.2, 0.25) is 0 Å². The number of nitriles is 1. The van der Waals surface area contributed by atoms with Gasteiger partial charge in [0.2, 0.25) is 0 Å². The monoisotopic (exact) mass is 482 g/mol. The summed E-state index contributed by atoms with van der Waals surface area (Å²) >= 11 is 0. The molecule has 1 aromatic carbocycles. The van der Waals surface area contributed by atoms with Gasteiger partial charge in [-0.05, 0) is 89.4 Å². The first kappa shape index (κ1) is 25.6. The molecule has 7 nitrogen and oxygen atoms in total. The molecule has 0 bridgehead atoms. The minimum Gasteiger partial charge on any atom is -0.399 e. The number of pyridine rings is 2. The number of hydrogen-bond acceptors (Lipinski definition) is 6. The van der Waals surface area contributed by atoms with Crippen molar-refractivity contribution in [2.75, 3.05) is 5.32 Å². The third-order valence-corrected chi connectivity index (χ3v) is 7.03. The van der Waals surface area contributed by atoms with E-state index in [9.17, 15) is 10.1 Å². The van der Waals surface area contributed by atoms with E-state index in [0.29, 0.717) is 16.9 Å². The van der Waals surface area contributed by atoms with E-state index >= 15 is 0 Å². The van der Waals surface area contributed by atoms with Gasteiger partial charge in [0.15, 0.2) is 0 Å². The average molecular weight is 482 g/mol. The van der Waals surface area contributed by atoms with E-state index in [1.807, 2.05) is 58.9 Å². The fourth-order valence-electron chi connectivity index (χ4n) is 3.90. The topological polar surface area (TPSA) is 97.1 Å². The van der Waals surface area contributed by atoms with Crippen LogP contribution in [0.25, 0.3) is 11.1 Å². The van der Waals surface area contributed by atoms with Crippen LogP contribution < -0.4 is 10.8 Å². The zero-order valence-corrected chi connectivity index (χ0v) is 21.8. The largest absolute Gasteiger partial charge is 0.496 e. The van der Waals surface area contributed by atoms with Crippen molar-refractivity contribution in [1.82, 2.24) is 9.97 Å². The SMILES string of the molecule is Cc1ccc(NC(=O)c2ccnc(C(C)(C)C#N)c2)cc1-c1cncc(B2OC(C)(C)C(C)(C)O2)c1. The van der Waals surface area contributed by atoms with Crippen LogP contribution >= 0.6 is 0 Å². The van der Waals surface area contributed by atoms with Crippen molar-refractivity contribution >= 4 is 24.2 Å². The number of nitrogens with one attached hydrogen (secondary N) is 1. The quantitative estimate of drug-likeness (QED) is 0.525. The van der Waals surface area contributed by atoms with Crippen molar-refractivity contribution in [3.05, 3.63) is 71.8 Å². The second kappa shape index (κ2) is 9.16. The van der Waals surface area contributed by atoms with E-state index in [4.69, 9.17) is 9.31 Å². The third-order valence-electron chi connectivity index (χ3n) is 7.03. The second-order valence-electron chi connectivity index (χ2n) is 10.7. The Morgan fingerprint density at radius 2 is 1.75 bits per heavy atom. The van der Waals surface area contributed by atoms with Gasteiger partial charge in [0.25, 0.3) is 5.91 Å². The van der Waals surface area contributed by atoms with Gasteiger partial charge in [0, 0.05) is 35.3 Å². The molecule has 1 amide bonds. The van der Waals surface area contributed by atoms with Crippen molar-refractivity contribution in [3.63, 3.8) is 0 Å². The van der Waals surface area contributed by atoms with E-state index in [-0.39, 0.29) is 5.91 Å². The molecule has 3 heterocycles. The highest BCUT2D eigenvalue weighted by Crippen LogP contribution is 2.36. The first-order chi connectivity index (χ1) is 16.8. The zero-order chi connectivity index (χ0) is 26.3. The van der Waals surface area contributed by atoms with E-state index in [2.05, 4.69) is 21.4 Å². The van der Waals surface area contributed by atoms with Crippen LogP contribution in [0.1, 0.15) is 63.2 Å². The van der Waals surface area contributed by atoms with Crippen LogP contribution in [-0.2, 0) is 14.7 Å². The lowest BCUT2D eigenvalue weighted by atomic mass is 9.79. The molecule has 1 aliphatic heterocycles. The number of nitrogens with zero attached hydrogens (tertiary/aromatic N) is 3. The Kier molecular flexibility index (Phi) is 6.50. The Morgan fingerprint density at radius 3 is 2.42 bits per heavy atom. The lowest BCUT2D eigenvalue weighted by Crippen LogP contribution is -2.41. The number of rotatable bonds is 5. The Morgan fingerprint density at radius 1 is 1.06 bits per heavy atom. The highest BCUT2D eigenvalue weighted by atomic mass is 16.7. The molecule has 8 heteroatoms. The predicted molar refractivity (Wildman–Crippen MR) is 141 cm³/mol. The van der Waals surface area contributed by atoms with Crippen LogP contribution in [0, 0.1) is 18.3 Å². The van der Waals surface area contributed by atoms with E-state index in [0.717, 1.165) is 22.2 Å². The fraction of sp³-hybridized carbons (Fsp3) is 0.357. The molecule has 0 unspecified atom stereocenters. The average Bonchev–Trinajstić information content (AvgIpc) is 3.07. The van der Waals surface area contributed by atoms with Crippen molar-refractivity contribution in [2.24, 2.45) is 0 Å². The maximum atomic E-state index is 13.0. The molecule has 1 aliphatic rings. The molecule has 0 aliphatic carbocycles. The number of hydrogen-bond donors (Lipinski definition) is 1. The lowest BCUT2D eigenvalue weighted by molar-refractivity contribution is 0.00578. The summed E-state index contributed by atoms with van der Waals surface area (Å²) in [5.41, 5.74) is 3.70. The zero-order valence-electron chi connectivity index (χ0n) is 21.8. The van der Waals surface area contributed by atoms with Gasteiger partial charge in [-0.1, -0.05) is 12.1 Å². The van der Waals surface area contributed by atoms with Gasteiger partial charge in [-0.25, -0.2) is 0 Å². The Labute approximate surface area is 213 Å². The van der Waals surface area contributed by atoms with Gasteiger partial charge in [0.1, 0.15) is 0 Å². The van der Waals surface area contributed by atoms with Crippen LogP contribution in [0.3, 0.4) is 0 Å². The van der Waals surface area contributed by atoms with Crippen molar-refractivity contribution in [2.45, 2.75) is 65.1 Å². The molecule has 0 atom stereocenters. The summed E-state index contributed by atoms with van der Waals surface area (Å²) in [4.78, 5) is 21.7. The molecule has 0 radical (unpaired) electrons. The molecule has 184 valence electrons. The highest BCUT2D eigenvalue weighted by molar-refractivity contribution is 6.62. The maximum absolute atomic E-state index is 13.0. The molecular formula is C28H31BN4O3. The molecule has 3 aromatic rings. The van der Waals surface area contributed by atoms with Crippen LogP contribution in [0.15, 0.2) is 55.0 Å². The summed E-state index contributed by atoms with van der Waals surface area (Å²) in [6.07, 6.45) is 5.11. The van der Waals surface area contributed by atoms with Gasteiger partial charge in [-0.3, -0.25) is 14.8 Å². The van der Waals surface area contributed by atoms with Crippen LogP contribution in [-0.4, -0.2) is 34.2 Å². The summed E-state index contributed by atoms with van der Waals surface area (Å²) in [5.74, 6) is -0.272. The van der Waals surface area contributed by atoms with Gasteiger partial charge in [-0.15, -0.1) is 0 Å². The minimum atomic E-state index is -0.789. The molecule has 2 aromatic heterocycles. The number of amides is 1. The molecular weight excluding hydrogens is 451 g/mol. The summed E-state index contributed by atoms with van der Waals surface area (Å²) < 4.78 is 12.4. The first-order valence-corrected chi connectivity index (χ1v) is 11.9. The highest BCUT2D eigenvalue weighted by Gasteiger charge is 2.51. The molecule has 0 saturated carbocycles. The molecule has 1 N–H and O–H groups in total. The predicted octanol–water partition coefficient (Wildman–Crippen LogP) is 4.80. The van der Waals surface area contributed by atoms with Gasteiger partial charge >= 0.3 is 7.12 Å². The molecule has 0 spiro atoms. The standard InChI is InChI=1S/C28H31BN4O3/c1-18-8-9-22(33-25(34)19-10-11-32-24(13-19)26(2,3)17-30)14-23(18)20-12-21(16-31-15-20)29-35-27(4,5)28(6,7)36-29/h8-16H,1-7H3,(H,33,34). The van der Waals surface area contributed by atoms with E-state index in [1.54, 1.807) is 44.6 Å². The van der Waals surface area contributed by atoms with E-state index in [1.165, 1.54) is 0 Å². The summed E-state index contributed by atoms with van der Waals surface area (Å²) in [6.45, 7) is 13.6. The summed E-state index contributed by atoms with van der Waals surface area (Å²) in [6, 6.07) is 13.3. The number of carbonyl (C=O) groups excluding carboxylic acids is 1. The van der Waals surface area contributed by atoms with Gasteiger partial charge in [-0.2, -0.15) is 5.26 Å². The fourth-order valence-corrected chi connectivity index (χ4v) is 3.90. The molecule has 4 rings (SSSR count). The van der Waals surface area contributed by atoms with Crippen LogP contribution in [0.4, 0.5) is 5.69 Å². The minimum absolute atomic E-state index is 0.272. The lowest BCUT2D eigenvalue weighted by Gasteiger charge is -2.32. The number of aryl methyl sites for hydroxylation is 1. The summed E-state index contributed by atoms with van der Waals surface area (Å²) in [7, 11) is -0.510. The third kappa shape index (κ3) is 4.90. The number of carbonyl (C=O) groups is 1. The number of benzene rings is 1. The summed E-state index contributed by atoms with van der Waals surface area (Å²) in [5, 5.41) is 12.4. The molecule has 36 heavy (non-hydrogen) atoms. The normalized spacial score (nSPS) is 16.4. The van der Waals surface area contributed by atoms with Crippen molar-refractivity contribution < 1.29 is 14.1 Å². The van der Waals surface area contributed by atoms with Gasteiger partial charge < -0.3 is 14.6 Å². The number of aromatic nitrogens is 2. The maximum Gasteiger partial charge on any atom is 0.496 e. The molecule has 1 fully saturated rings. The molecule has 1 saturated heterocycles. The second-order valence-corrected chi connectivity index (χ2v) is 10.7. The van der Waals surface area contributed by atoms with Crippen molar-refractivity contribution in [1.29, 1.82) is 5.26 Å². The Bertz CT molecular complexity index is 1340. The first-order valence-electron chi connectivity index (χ1n) is 11.9. The Hall–Kier alpha value is -3.54. The van der Waals surface area contributed by atoms with Crippen molar-refractivity contribution in [3.8, 4) is 17.2 Å². The Balaban J connectivity index is 1.59. The van der Waals surface area contributed by atoms with Gasteiger partial charge in [0.05, 0.1) is 28.4 Å². The van der Waals surface area contributed by atoms with Crippen LogP contribution in [0.5, 0.6) is 0 Å². The van der Waals surface area contributed by atoms with E-state index < -0.39 is 23.7 Å².